The number of aliphatic hydroxyl groups excluding tert-OH is 1. The van der Waals surface area contributed by atoms with Crippen LogP contribution in [-0.4, -0.2) is 43.2 Å². The molecule has 0 aliphatic rings. The first-order chi connectivity index (χ1) is 15.4. The average molecular weight is 434 g/mol. The summed E-state index contributed by atoms with van der Waals surface area (Å²) in [5.74, 6) is 0. The molecule has 2 heterocycles. The van der Waals surface area contributed by atoms with Crippen molar-refractivity contribution in [1.29, 1.82) is 0 Å². The Balaban J connectivity index is 1.83. The lowest BCUT2D eigenvalue weighted by atomic mass is 10.0. The zero-order chi connectivity index (χ0) is 22.8. The summed E-state index contributed by atoms with van der Waals surface area (Å²) in [4.78, 5) is 12.6. The lowest BCUT2D eigenvalue weighted by Crippen LogP contribution is -2.30. The van der Waals surface area contributed by atoms with Gasteiger partial charge in [0.15, 0.2) is 0 Å². The van der Waals surface area contributed by atoms with Crippen LogP contribution in [0.5, 0.6) is 0 Å². The number of nitrogens with one attached hydrogen (secondary N) is 1. The van der Waals surface area contributed by atoms with Crippen LogP contribution in [0.4, 0.5) is 0 Å². The Morgan fingerprint density at radius 2 is 1.91 bits per heavy atom. The summed E-state index contributed by atoms with van der Waals surface area (Å²) >= 11 is 0. The van der Waals surface area contributed by atoms with Crippen LogP contribution >= 0.6 is 0 Å². The zero-order valence-electron chi connectivity index (χ0n) is 19.2. The van der Waals surface area contributed by atoms with Crippen molar-refractivity contribution in [3.05, 3.63) is 64.7 Å². The molecule has 168 valence electrons. The van der Waals surface area contributed by atoms with Gasteiger partial charge in [-0.15, -0.1) is 0 Å². The van der Waals surface area contributed by atoms with Gasteiger partial charge in [-0.1, -0.05) is 36.8 Å². The number of nitrogens with zero attached hydrogens (tertiary/aromatic N) is 4. The molecule has 7 heteroatoms. The normalized spacial score (nSPS) is 12.5. The highest BCUT2D eigenvalue weighted by atomic mass is 16.3. The molecule has 2 N–H and O–H groups in total. The molecule has 0 radical (unpaired) electrons. The number of aromatic nitrogens is 4. The van der Waals surface area contributed by atoms with Crippen molar-refractivity contribution in [2.45, 2.75) is 40.0 Å². The minimum Gasteiger partial charge on any atom is -0.390 e. The predicted octanol–water partition coefficient (Wildman–Crippen LogP) is 3.17. The molecule has 0 aliphatic carbocycles. The molecule has 0 amide bonds. The van der Waals surface area contributed by atoms with Crippen LogP contribution in [0.1, 0.15) is 19.4 Å². The second-order valence-corrected chi connectivity index (χ2v) is 8.23. The molecule has 4 rings (SSSR count). The molecule has 0 aliphatic heterocycles. The molecule has 0 saturated carbocycles. The first-order valence-corrected chi connectivity index (χ1v) is 11.2. The third-order valence-electron chi connectivity index (χ3n) is 5.85. The van der Waals surface area contributed by atoms with E-state index in [1.807, 2.05) is 50.0 Å². The van der Waals surface area contributed by atoms with E-state index in [0.717, 1.165) is 45.5 Å². The number of aliphatic hydroxyl groups is 1. The van der Waals surface area contributed by atoms with Gasteiger partial charge in [-0.25, -0.2) is 4.79 Å². The second-order valence-electron chi connectivity index (χ2n) is 8.23. The molecule has 1 unspecified atom stereocenters. The van der Waals surface area contributed by atoms with Crippen molar-refractivity contribution in [3.8, 4) is 22.4 Å². The van der Waals surface area contributed by atoms with Gasteiger partial charge in [0, 0.05) is 37.5 Å². The Labute approximate surface area is 187 Å². The number of aryl methyl sites for hydroxylation is 3. The van der Waals surface area contributed by atoms with Gasteiger partial charge in [-0.05, 0) is 44.2 Å². The van der Waals surface area contributed by atoms with E-state index >= 15 is 0 Å². The number of imidazole rings is 1. The van der Waals surface area contributed by atoms with Crippen molar-refractivity contribution >= 4 is 11.0 Å². The fraction of sp³-hybridized carbons (Fsp3) is 0.360. The lowest BCUT2D eigenvalue weighted by molar-refractivity contribution is 0.148. The van der Waals surface area contributed by atoms with E-state index in [1.54, 1.807) is 9.13 Å². The number of likely N-dealkylation sites (N-methyl/N-ethyl adjacent to an activating group) is 1. The molecular weight excluding hydrogens is 402 g/mol. The van der Waals surface area contributed by atoms with Crippen LogP contribution in [0.3, 0.4) is 0 Å². The largest absolute Gasteiger partial charge is 0.390 e. The first kappa shape index (κ1) is 22.0. The predicted molar refractivity (Wildman–Crippen MR) is 129 cm³/mol. The van der Waals surface area contributed by atoms with Gasteiger partial charge in [0.05, 0.1) is 23.7 Å². The fourth-order valence-corrected chi connectivity index (χ4v) is 4.20. The summed E-state index contributed by atoms with van der Waals surface area (Å²) in [7, 11) is 1.81. The number of hydrogen-bond acceptors (Lipinski definition) is 4. The summed E-state index contributed by atoms with van der Waals surface area (Å²) in [6, 6.07) is 14.4. The molecule has 32 heavy (non-hydrogen) atoms. The maximum Gasteiger partial charge on any atom is 0.328 e. The Morgan fingerprint density at radius 1 is 1.09 bits per heavy atom. The van der Waals surface area contributed by atoms with Gasteiger partial charge in [0.25, 0.3) is 0 Å². The van der Waals surface area contributed by atoms with Crippen LogP contribution in [0, 0.1) is 6.92 Å². The third kappa shape index (κ3) is 4.13. The van der Waals surface area contributed by atoms with Crippen LogP contribution in [0.15, 0.2) is 53.5 Å². The van der Waals surface area contributed by atoms with Gasteiger partial charge in [0.1, 0.15) is 5.69 Å². The summed E-state index contributed by atoms with van der Waals surface area (Å²) < 4.78 is 5.29. The van der Waals surface area contributed by atoms with Crippen LogP contribution in [0.2, 0.25) is 0 Å². The van der Waals surface area contributed by atoms with E-state index in [1.165, 1.54) is 0 Å². The Morgan fingerprint density at radius 3 is 2.62 bits per heavy atom. The summed E-state index contributed by atoms with van der Waals surface area (Å²) in [6.07, 6.45) is 1.46. The Hall–Kier alpha value is -3.16. The van der Waals surface area contributed by atoms with Gasteiger partial charge in [0.2, 0.25) is 0 Å². The summed E-state index contributed by atoms with van der Waals surface area (Å²) in [5.41, 5.74) is 6.83. The molecule has 0 spiro atoms. The van der Waals surface area contributed by atoms with E-state index < -0.39 is 6.10 Å². The molecular formula is C25H31N5O2. The summed E-state index contributed by atoms with van der Waals surface area (Å²) in [5, 5.41) is 18.4. The van der Waals surface area contributed by atoms with Crippen molar-refractivity contribution in [2.75, 3.05) is 13.1 Å². The molecule has 2 aromatic heterocycles. The number of fused-ring (bicyclic) bond motifs is 1. The monoisotopic (exact) mass is 433 g/mol. The maximum atomic E-state index is 12.6. The lowest BCUT2D eigenvalue weighted by Gasteiger charge is -2.10. The van der Waals surface area contributed by atoms with E-state index in [4.69, 9.17) is 5.10 Å². The van der Waals surface area contributed by atoms with Gasteiger partial charge in [-0.2, -0.15) is 5.10 Å². The van der Waals surface area contributed by atoms with E-state index in [9.17, 15) is 9.90 Å². The topological polar surface area (TPSA) is 77.0 Å². The summed E-state index contributed by atoms with van der Waals surface area (Å²) in [6.45, 7) is 8.42. The van der Waals surface area contributed by atoms with Gasteiger partial charge in [-0.3, -0.25) is 13.8 Å². The van der Waals surface area contributed by atoms with E-state index in [-0.39, 0.29) is 5.69 Å². The minimum atomic E-state index is -0.532. The molecule has 7 nitrogen and oxygen atoms in total. The fourth-order valence-electron chi connectivity index (χ4n) is 4.20. The van der Waals surface area contributed by atoms with Crippen LogP contribution in [-0.2, 0) is 20.1 Å². The number of benzene rings is 2. The van der Waals surface area contributed by atoms with Crippen LogP contribution in [0.25, 0.3) is 33.4 Å². The standard InChI is InChI=1S/C25H31N5O2/c1-5-26-14-20(31)15-29-16-21(24(27-29)19-9-7-8-17(3)12-19)18-10-11-22-23(13-18)28(4)25(32)30(22)6-2/h7-13,16,20,26,31H,5-6,14-15H2,1-4H3. The van der Waals surface area contributed by atoms with Crippen molar-refractivity contribution in [3.63, 3.8) is 0 Å². The number of rotatable bonds is 8. The minimum absolute atomic E-state index is 0.0131. The molecule has 4 aromatic rings. The second kappa shape index (κ2) is 9.14. The van der Waals surface area contributed by atoms with Crippen LogP contribution < -0.4 is 11.0 Å². The highest BCUT2D eigenvalue weighted by Gasteiger charge is 2.17. The average Bonchev–Trinajstić information content (AvgIpc) is 3.31. The van der Waals surface area contributed by atoms with Crippen molar-refractivity contribution in [2.24, 2.45) is 7.05 Å². The zero-order valence-corrected chi connectivity index (χ0v) is 19.2. The Kier molecular flexibility index (Phi) is 6.30. The number of hydrogen-bond donors (Lipinski definition) is 2. The maximum absolute atomic E-state index is 12.6. The first-order valence-electron chi connectivity index (χ1n) is 11.2. The highest BCUT2D eigenvalue weighted by Crippen LogP contribution is 2.33. The van der Waals surface area contributed by atoms with Gasteiger partial charge < -0.3 is 10.4 Å². The quantitative estimate of drug-likeness (QED) is 0.448. The Bertz CT molecular complexity index is 1300. The smallest absolute Gasteiger partial charge is 0.328 e. The van der Waals surface area contributed by atoms with Gasteiger partial charge >= 0.3 is 5.69 Å². The van der Waals surface area contributed by atoms with E-state index in [2.05, 4.69) is 36.5 Å². The highest BCUT2D eigenvalue weighted by molar-refractivity contribution is 5.87. The SMILES string of the molecule is CCNCC(O)Cn1cc(-c2ccc3c(c2)n(C)c(=O)n3CC)c(-c2cccc(C)c2)n1. The third-order valence-corrected chi connectivity index (χ3v) is 5.85. The molecule has 1 atom stereocenters. The van der Waals surface area contributed by atoms with E-state index in [0.29, 0.717) is 19.6 Å². The van der Waals surface area contributed by atoms with Crippen molar-refractivity contribution in [1.82, 2.24) is 24.2 Å². The van der Waals surface area contributed by atoms with Crippen molar-refractivity contribution < 1.29 is 5.11 Å². The molecule has 0 bridgehead atoms. The molecule has 2 aromatic carbocycles. The molecule has 0 fully saturated rings. The molecule has 0 saturated heterocycles.